The van der Waals surface area contributed by atoms with Gasteiger partial charge in [-0.3, -0.25) is 0 Å². The Morgan fingerprint density at radius 1 is 1.15 bits per heavy atom. The molecule has 3 heteroatoms. The molecule has 0 atom stereocenters. The minimum Gasteiger partial charge on any atom is -0.346 e. The fourth-order valence-electron chi connectivity index (χ4n) is 1.72. The molecule has 0 unspecified atom stereocenters. The number of piperazine rings is 1. The van der Waals surface area contributed by atoms with Crippen LogP contribution in [0.15, 0.2) is 0 Å². The first kappa shape index (κ1) is 11.1. The quantitative estimate of drug-likeness (QED) is 0.589. The van der Waals surface area contributed by atoms with Crippen LogP contribution in [0.3, 0.4) is 0 Å². The maximum absolute atomic E-state index is 2.60. The minimum atomic E-state index is 0.496. The van der Waals surface area contributed by atoms with Gasteiger partial charge < -0.3 is 9.71 Å². The van der Waals surface area contributed by atoms with Crippen LogP contribution in [0.5, 0.6) is 0 Å². The first-order chi connectivity index (χ1) is 6.03. The van der Waals surface area contributed by atoms with E-state index in [1.807, 2.05) is 0 Å². The maximum atomic E-state index is 2.60. The first-order valence-electron chi connectivity index (χ1n) is 5.44. The standard InChI is InChI=1S/C10H23BN2/c1-4-10(2,3)9-12-5-7-13(11)8-6-12/h4-9,11H2,1-3H3. The fraction of sp³-hybridized carbons (Fsp3) is 1.00. The molecule has 0 N–H and O–H groups in total. The smallest absolute Gasteiger partial charge is 0.185 e. The van der Waals surface area contributed by atoms with E-state index >= 15 is 0 Å². The molecule has 13 heavy (non-hydrogen) atoms. The summed E-state index contributed by atoms with van der Waals surface area (Å²) in [6.07, 6.45) is 1.28. The van der Waals surface area contributed by atoms with Gasteiger partial charge in [-0.05, 0) is 24.9 Å². The summed E-state index contributed by atoms with van der Waals surface area (Å²) in [4.78, 5) is 5.01. The Hall–Kier alpha value is -0.0151. The van der Waals surface area contributed by atoms with Crippen molar-refractivity contribution in [3.63, 3.8) is 0 Å². The third-order valence-corrected chi connectivity index (χ3v) is 3.20. The van der Waals surface area contributed by atoms with E-state index in [9.17, 15) is 0 Å². The Morgan fingerprint density at radius 2 is 1.69 bits per heavy atom. The van der Waals surface area contributed by atoms with Crippen LogP contribution in [0.2, 0.25) is 0 Å². The first-order valence-corrected chi connectivity index (χ1v) is 5.44. The third-order valence-electron chi connectivity index (χ3n) is 3.20. The normalized spacial score (nSPS) is 22.1. The third kappa shape index (κ3) is 3.69. The highest BCUT2D eigenvalue weighted by Gasteiger charge is 2.21. The highest BCUT2D eigenvalue weighted by Crippen LogP contribution is 2.21. The molecule has 1 aliphatic heterocycles. The van der Waals surface area contributed by atoms with Crippen LogP contribution >= 0.6 is 0 Å². The lowest BCUT2D eigenvalue weighted by Gasteiger charge is -2.37. The van der Waals surface area contributed by atoms with Gasteiger partial charge in [0.05, 0.1) is 0 Å². The van der Waals surface area contributed by atoms with Crippen molar-refractivity contribution >= 4 is 7.98 Å². The predicted octanol–water partition coefficient (Wildman–Crippen LogP) is 0.588. The Kier molecular flexibility index (Phi) is 3.80. The van der Waals surface area contributed by atoms with Crippen molar-refractivity contribution in [3.8, 4) is 0 Å². The van der Waals surface area contributed by atoms with Gasteiger partial charge in [-0.25, -0.2) is 0 Å². The van der Waals surface area contributed by atoms with Gasteiger partial charge >= 0.3 is 0 Å². The summed E-state index contributed by atoms with van der Waals surface area (Å²) in [5.41, 5.74) is 0.496. The van der Waals surface area contributed by atoms with E-state index < -0.39 is 0 Å². The summed E-state index contributed by atoms with van der Waals surface area (Å²) in [6, 6.07) is 0. The van der Waals surface area contributed by atoms with Crippen LogP contribution in [-0.2, 0) is 0 Å². The Balaban J connectivity index is 2.30. The second-order valence-electron chi connectivity index (χ2n) is 5.10. The molecular weight excluding hydrogens is 159 g/mol. The second kappa shape index (κ2) is 4.47. The molecule has 0 bridgehead atoms. The predicted molar refractivity (Wildman–Crippen MR) is 60.6 cm³/mol. The Labute approximate surface area is 83.7 Å². The molecule has 0 aliphatic carbocycles. The summed E-state index contributed by atoms with van der Waals surface area (Å²) in [5.74, 6) is 0. The highest BCUT2D eigenvalue weighted by molar-refractivity contribution is 6.04. The van der Waals surface area contributed by atoms with Crippen molar-refractivity contribution in [1.29, 1.82) is 0 Å². The van der Waals surface area contributed by atoms with Gasteiger partial charge in [0, 0.05) is 19.6 Å². The van der Waals surface area contributed by atoms with Gasteiger partial charge in [0.1, 0.15) is 0 Å². The lowest BCUT2D eigenvalue weighted by atomic mass is 9.89. The van der Waals surface area contributed by atoms with E-state index in [0.717, 1.165) is 0 Å². The number of hydrogen-bond acceptors (Lipinski definition) is 2. The second-order valence-corrected chi connectivity index (χ2v) is 5.10. The van der Waals surface area contributed by atoms with Crippen LogP contribution < -0.4 is 0 Å². The van der Waals surface area contributed by atoms with Crippen molar-refractivity contribution in [2.24, 2.45) is 5.41 Å². The van der Waals surface area contributed by atoms with E-state index in [0.29, 0.717) is 5.41 Å². The van der Waals surface area contributed by atoms with Crippen LogP contribution in [-0.4, -0.2) is 50.4 Å². The Bertz CT molecular complexity index is 151. The average Bonchev–Trinajstić information content (AvgIpc) is 2.09. The number of hydrogen-bond donors (Lipinski definition) is 0. The van der Waals surface area contributed by atoms with Gasteiger partial charge in [-0.15, -0.1) is 0 Å². The van der Waals surface area contributed by atoms with E-state index in [4.69, 9.17) is 0 Å². The lowest BCUT2D eigenvalue weighted by Crippen LogP contribution is -2.47. The van der Waals surface area contributed by atoms with Gasteiger partial charge in [0.15, 0.2) is 7.98 Å². The maximum Gasteiger partial charge on any atom is 0.185 e. The van der Waals surface area contributed by atoms with Gasteiger partial charge in [-0.1, -0.05) is 20.8 Å². The van der Waals surface area contributed by atoms with Crippen molar-refractivity contribution < 1.29 is 0 Å². The monoisotopic (exact) mass is 182 g/mol. The van der Waals surface area contributed by atoms with Crippen LogP contribution in [0.25, 0.3) is 0 Å². The molecule has 1 fully saturated rings. The van der Waals surface area contributed by atoms with Gasteiger partial charge in [0.2, 0.25) is 0 Å². The molecule has 1 saturated heterocycles. The molecule has 0 saturated carbocycles. The topological polar surface area (TPSA) is 6.48 Å². The zero-order valence-electron chi connectivity index (χ0n) is 9.64. The van der Waals surface area contributed by atoms with Crippen molar-refractivity contribution in [2.75, 3.05) is 32.7 Å². The van der Waals surface area contributed by atoms with E-state index in [1.54, 1.807) is 0 Å². The number of rotatable bonds is 3. The molecule has 1 aliphatic rings. The zero-order valence-corrected chi connectivity index (χ0v) is 9.64. The summed E-state index contributed by atoms with van der Waals surface area (Å²) < 4.78 is 0. The van der Waals surface area contributed by atoms with E-state index in [2.05, 4.69) is 38.5 Å². The summed E-state index contributed by atoms with van der Waals surface area (Å²) >= 11 is 0. The molecule has 1 heterocycles. The summed E-state index contributed by atoms with van der Waals surface area (Å²) in [5, 5.41) is 0. The summed E-state index contributed by atoms with van der Waals surface area (Å²) in [6.45, 7) is 13.3. The fourth-order valence-corrected chi connectivity index (χ4v) is 1.72. The SMILES string of the molecule is BN1CCN(CC(C)(C)CC)CC1. The zero-order chi connectivity index (χ0) is 9.90. The Morgan fingerprint density at radius 3 is 2.15 bits per heavy atom. The van der Waals surface area contributed by atoms with Crippen LogP contribution in [0.1, 0.15) is 27.2 Å². The molecule has 0 aromatic rings. The number of nitrogens with zero attached hydrogens (tertiary/aromatic N) is 2. The molecule has 76 valence electrons. The molecular formula is C10H23BN2. The molecule has 0 aromatic carbocycles. The van der Waals surface area contributed by atoms with Crippen molar-refractivity contribution in [2.45, 2.75) is 27.2 Å². The molecule has 0 aromatic heterocycles. The lowest BCUT2D eigenvalue weighted by molar-refractivity contribution is 0.131. The largest absolute Gasteiger partial charge is 0.346 e. The highest BCUT2D eigenvalue weighted by atomic mass is 15.2. The van der Waals surface area contributed by atoms with Gasteiger partial charge in [-0.2, -0.15) is 0 Å². The molecule has 0 spiro atoms. The molecule has 1 rings (SSSR count). The molecule has 0 radical (unpaired) electrons. The van der Waals surface area contributed by atoms with Crippen molar-refractivity contribution in [1.82, 2.24) is 9.71 Å². The minimum absolute atomic E-state index is 0.496. The molecule has 0 amide bonds. The average molecular weight is 182 g/mol. The van der Waals surface area contributed by atoms with Crippen LogP contribution in [0.4, 0.5) is 0 Å². The van der Waals surface area contributed by atoms with Crippen LogP contribution in [0, 0.1) is 5.41 Å². The van der Waals surface area contributed by atoms with E-state index in [1.165, 1.54) is 39.1 Å². The molecule has 2 nitrogen and oxygen atoms in total. The van der Waals surface area contributed by atoms with E-state index in [-0.39, 0.29) is 0 Å². The van der Waals surface area contributed by atoms with Gasteiger partial charge in [0.25, 0.3) is 0 Å². The van der Waals surface area contributed by atoms with Crippen molar-refractivity contribution in [3.05, 3.63) is 0 Å². The summed E-state index contributed by atoms with van der Waals surface area (Å²) in [7, 11) is 2.21.